The minimum absolute atomic E-state index is 0.127. The molecular weight excluding hydrogens is 232 g/mol. The molecule has 2 heterocycles. The number of hydrogen-bond donors (Lipinski definition) is 3. The van der Waals surface area contributed by atoms with Gasteiger partial charge in [0.15, 0.2) is 0 Å². The molecule has 6 heteroatoms. The molecule has 2 aromatic rings. The van der Waals surface area contributed by atoms with E-state index in [0.717, 1.165) is 0 Å². The van der Waals surface area contributed by atoms with Crippen molar-refractivity contribution in [2.75, 3.05) is 11.1 Å². The Morgan fingerprint density at radius 2 is 2.17 bits per heavy atom. The molecule has 0 aliphatic rings. The van der Waals surface area contributed by atoms with E-state index in [0.29, 0.717) is 17.2 Å². The van der Waals surface area contributed by atoms with Gasteiger partial charge < -0.3 is 16.2 Å². The summed E-state index contributed by atoms with van der Waals surface area (Å²) < 4.78 is 0. The van der Waals surface area contributed by atoms with Gasteiger partial charge in [-0.1, -0.05) is 6.07 Å². The number of pyridine rings is 2. The number of nitrogen functional groups attached to an aromatic ring is 1. The summed E-state index contributed by atoms with van der Waals surface area (Å²) in [5, 5.41) is 12.0. The number of aromatic carboxylic acids is 1. The van der Waals surface area contributed by atoms with Crippen LogP contribution in [0.4, 0.5) is 17.5 Å². The first-order chi connectivity index (χ1) is 8.58. The molecule has 0 bridgehead atoms. The van der Waals surface area contributed by atoms with Gasteiger partial charge in [-0.15, -0.1) is 0 Å². The number of nitrogens with zero attached hydrogens (tertiary/aromatic N) is 2. The fourth-order valence-electron chi connectivity index (χ4n) is 1.57. The zero-order valence-electron chi connectivity index (χ0n) is 9.71. The number of nitrogens with two attached hydrogens (primary N) is 1. The molecule has 18 heavy (non-hydrogen) atoms. The highest BCUT2D eigenvalue weighted by molar-refractivity contribution is 5.95. The largest absolute Gasteiger partial charge is 0.478 e. The normalized spacial score (nSPS) is 10.1. The van der Waals surface area contributed by atoms with Crippen LogP contribution in [0.1, 0.15) is 15.9 Å². The molecule has 0 saturated heterocycles. The second-order valence-corrected chi connectivity index (χ2v) is 3.73. The monoisotopic (exact) mass is 244 g/mol. The average Bonchev–Trinajstić information content (AvgIpc) is 2.28. The maximum absolute atomic E-state index is 11.2. The van der Waals surface area contributed by atoms with Gasteiger partial charge in [-0.3, -0.25) is 0 Å². The first kappa shape index (κ1) is 11.8. The molecule has 0 unspecified atom stereocenters. The number of carboxylic acids is 1. The van der Waals surface area contributed by atoms with Crippen molar-refractivity contribution < 1.29 is 9.90 Å². The molecule has 92 valence electrons. The SMILES string of the molecule is Cc1ccnc(Nc2cccc(N)n2)c1C(=O)O. The van der Waals surface area contributed by atoms with E-state index in [1.807, 2.05) is 0 Å². The Balaban J connectivity index is 2.40. The lowest BCUT2D eigenvalue weighted by Gasteiger charge is -2.09. The van der Waals surface area contributed by atoms with Gasteiger partial charge in [-0.2, -0.15) is 0 Å². The van der Waals surface area contributed by atoms with Crippen LogP contribution in [0.3, 0.4) is 0 Å². The number of rotatable bonds is 3. The minimum Gasteiger partial charge on any atom is -0.478 e. The number of aryl methyl sites for hydroxylation is 1. The summed E-state index contributed by atoms with van der Waals surface area (Å²) in [5.74, 6) is 0.0210. The maximum Gasteiger partial charge on any atom is 0.339 e. The molecule has 2 rings (SSSR count). The van der Waals surface area contributed by atoms with E-state index in [-0.39, 0.29) is 11.4 Å². The molecule has 0 aliphatic heterocycles. The van der Waals surface area contributed by atoms with Crippen molar-refractivity contribution in [2.45, 2.75) is 6.92 Å². The summed E-state index contributed by atoms with van der Waals surface area (Å²) in [4.78, 5) is 19.2. The highest BCUT2D eigenvalue weighted by Crippen LogP contribution is 2.20. The van der Waals surface area contributed by atoms with Gasteiger partial charge in [-0.25, -0.2) is 14.8 Å². The molecule has 0 aromatic carbocycles. The van der Waals surface area contributed by atoms with E-state index >= 15 is 0 Å². The van der Waals surface area contributed by atoms with E-state index in [2.05, 4.69) is 15.3 Å². The Morgan fingerprint density at radius 3 is 2.83 bits per heavy atom. The van der Waals surface area contributed by atoms with E-state index in [1.165, 1.54) is 6.20 Å². The molecule has 0 amide bonds. The summed E-state index contributed by atoms with van der Waals surface area (Å²) >= 11 is 0. The maximum atomic E-state index is 11.2. The molecular formula is C12H12N4O2. The van der Waals surface area contributed by atoms with Crippen LogP contribution in [0.25, 0.3) is 0 Å². The van der Waals surface area contributed by atoms with Crippen molar-refractivity contribution in [1.82, 2.24) is 9.97 Å². The highest BCUT2D eigenvalue weighted by Gasteiger charge is 2.14. The molecule has 0 radical (unpaired) electrons. The third-order valence-corrected chi connectivity index (χ3v) is 2.39. The van der Waals surface area contributed by atoms with E-state index in [4.69, 9.17) is 10.8 Å². The number of hydrogen-bond acceptors (Lipinski definition) is 5. The smallest absolute Gasteiger partial charge is 0.339 e. The second-order valence-electron chi connectivity index (χ2n) is 3.73. The van der Waals surface area contributed by atoms with Crippen molar-refractivity contribution in [3.8, 4) is 0 Å². The molecule has 4 N–H and O–H groups in total. The molecule has 0 aliphatic carbocycles. The quantitative estimate of drug-likeness (QED) is 0.761. The number of nitrogens with one attached hydrogen (secondary N) is 1. The number of aromatic nitrogens is 2. The number of carbonyl (C=O) groups is 1. The van der Waals surface area contributed by atoms with E-state index in [9.17, 15) is 4.79 Å². The van der Waals surface area contributed by atoms with Gasteiger partial charge in [0.25, 0.3) is 0 Å². The van der Waals surface area contributed by atoms with Crippen LogP contribution >= 0.6 is 0 Å². The molecule has 0 spiro atoms. The highest BCUT2D eigenvalue weighted by atomic mass is 16.4. The van der Waals surface area contributed by atoms with Crippen molar-refractivity contribution in [3.05, 3.63) is 41.6 Å². The average molecular weight is 244 g/mol. The van der Waals surface area contributed by atoms with Crippen LogP contribution < -0.4 is 11.1 Å². The van der Waals surface area contributed by atoms with Crippen LogP contribution in [0, 0.1) is 6.92 Å². The number of anilines is 3. The fraction of sp³-hybridized carbons (Fsp3) is 0.0833. The Morgan fingerprint density at radius 1 is 1.39 bits per heavy atom. The van der Waals surface area contributed by atoms with Crippen molar-refractivity contribution in [2.24, 2.45) is 0 Å². The van der Waals surface area contributed by atoms with Gasteiger partial charge in [0.1, 0.15) is 23.0 Å². The van der Waals surface area contributed by atoms with Crippen LogP contribution in [0.15, 0.2) is 30.5 Å². The molecule has 0 fully saturated rings. The first-order valence-corrected chi connectivity index (χ1v) is 5.26. The summed E-state index contributed by atoms with van der Waals surface area (Å²) in [7, 11) is 0. The summed E-state index contributed by atoms with van der Waals surface area (Å²) in [6.07, 6.45) is 1.54. The van der Waals surface area contributed by atoms with Gasteiger partial charge in [0, 0.05) is 6.20 Å². The summed E-state index contributed by atoms with van der Waals surface area (Å²) in [6, 6.07) is 6.70. The van der Waals surface area contributed by atoms with Gasteiger partial charge in [0.05, 0.1) is 0 Å². The van der Waals surface area contributed by atoms with E-state index in [1.54, 1.807) is 31.2 Å². The Kier molecular flexibility index (Phi) is 3.09. The molecule has 0 saturated carbocycles. The van der Waals surface area contributed by atoms with Crippen LogP contribution in [0.2, 0.25) is 0 Å². The lowest BCUT2D eigenvalue weighted by molar-refractivity contribution is 0.0697. The third-order valence-electron chi connectivity index (χ3n) is 2.39. The van der Waals surface area contributed by atoms with E-state index < -0.39 is 5.97 Å². The Bertz CT molecular complexity index is 598. The lowest BCUT2D eigenvalue weighted by Crippen LogP contribution is -2.08. The van der Waals surface area contributed by atoms with Crippen LogP contribution in [-0.4, -0.2) is 21.0 Å². The predicted molar refractivity (Wildman–Crippen MR) is 67.9 cm³/mol. The molecule has 2 aromatic heterocycles. The standard InChI is InChI=1S/C12H12N4O2/c1-7-5-6-14-11(10(7)12(17)18)16-9-4-2-3-8(13)15-9/h2-6H,1H3,(H,17,18)(H3,13,14,15,16). The fourth-order valence-corrected chi connectivity index (χ4v) is 1.57. The zero-order valence-corrected chi connectivity index (χ0v) is 9.71. The number of carboxylic acid groups (broad SMARTS) is 1. The predicted octanol–water partition coefficient (Wildman–Crippen LogP) is 1.81. The summed E-state index contributed by atoms with van der Waals surface area (Å²) in [6.45, 7) is 1.71. The summed E-state index contributed by atoms with van der Waals surface area (Å²) in [5.41, 5.74) is 6.31. The second kappa shape index (κ2) is 4.70. The topological polar surface area (TPSA) is 101 Å². The molecule has 0 atom stereocenters. The zero-order chi connectivity index (χ0) is 13.1. The van der Waals surface area contributed by atoms with Crippen molar-refractivity contribution >= 4 is 23.4 Å². The van der Waals surface area contributed by atoms with Crippen LogP contribution in [0.5, 0.6) is 0 Å². The van der Waals surface area contributed by atoms with Gasteiger partial charge >= 0.3 is 5.97 Å². The van der Waals surface area contributed by atoms with Gasteiger partial charge in [-0.05, 0) is 30.7 Å². The first-order valence-electron chi connectivity index (χ1n) is 5.26. The Hall–Kier alpha value is -2.63. The lowest BCUT2D eigenvalue weighted by atomic mass is 10.1. The van der Waals surface area contributed by atoms with Gasteiger partial charge in [0.2, 0.25) is 0 Å². The Labute approximate surface area is 104 Å². The third kappa shape index (κ3) is 2.37. The molecule has 6 nitrogen and oxygen atoms in total. The van der Waals surface area contributed by atoms with Crippen molar-refractivity contribution in [1.29, 1.82) is 0 Å². The van der Waals surface area contributed by atoms with Crippen LogP contribution in [-0.2, 0) is 0 Å². The minimum atomic E-state index is -1.04. The van der Waals surface area contributed by atoms with Crippen molar-refractivity contribution in [3.63, 3.8) is 0 Å².